The first-order valence-corrected chi connectivity index (χ1v) is 8.37. The zero-order valence-electron chi connectivity index (χ0n) is 8.74. The maximum atomic E-state index is 11.8. The van der Waals surface area contributed by atoms with Gasteiger partial charge in [-0.2, -0.15) is 0 Å². The van der Waals surface area contributed by atoms with Gasteiger partial charge in [0.05, 0.1) is 7.80 Å². The molecular weight excluding hydrogens is 186 g/mol. The molecule has 0 amide bonds. The van der Waals surface area contributed by atoms with Crippen molar-refractivity contribution in [2.75, 3.05) is 12.1 Å². The van der Waals surface area contributed by atoms with Gasteiger partial charge in [-0.15, -0.1) is 13.8 Å². The second-order valence-corrected chi connectivity index (χ2v) is 9.76. The lowest BCUT2D eigenvalue weighted by atomic mass is 10.1. The maximum absolute atomic E-state index is 11.8. The molecule has 0 saturated carbocycles. The topological polar surface area (TPSA) is 17.1 Å². The van der Waals surface area contributed by atoms with E-state index < -0.39 is 15.3 Å². The van der Waals surface area contributed by atoms with Crippen LogP contribution in [-0.4, -0.2) is 23.5 Å². The van der Waals surface area contributed by atoms with Crippen LogP contribution in [0, 0.1) is 0 Å². The highest BCUT2D eigenvalue weighted by Crippen LogP contribution is 2.46. The van der Waals surface area contributed by atoms with Crippen LogP contribution in [0.4, 0.5) is 0 Å². The maximum Gasteiger partial charge on any atom is 0.0852 e. The predicted molar refractivity (Wildman–Crippen MR) is 64.2 cm³/mol. The van der Waals surface area contributed by atoms with Gasteiger partial charge in [0.2, 0.25) is 0 Å². The summed E-state index contributed by atoms with van der Waals surface area (Å²) in [5.74, 6) is 0.923. The SMILES string of the molecule is C=[PH](CC)C[PH](=O)C(C)(C)CC. The van der Waals surface area contributed by atoms with Crippen LogP contribution in [0.1, 0.15) is 34.1 Å². The molecular formula is C9H22OP2. The van der Waals surface area contributed by atoms with Crippen LogP contribution in [0.3, 0.4) is 0 Å². The average molecular weight is 208 g/mol. The fraction of sp³-hybridized carbons (Fsp3) is 0.889. The van der Waals surface area contributed by atoms with E-state index in [2.05, 4.69) is 34.0 Å². The van der Waals surface area contributed by atoms with Gasteiger partial charge < -0.3 is 4.57 Å². The van der Waals surface area contributed by atoms with Crippen LogP contribution in [-0.2, 0) is 4.57 Å². The molecule has 2 unspecified atom stereocenters. The first kappa shape index (κ1) is 12.5. The fourth-order valence-electron chi connectivity index (χ4n) is 0.789. The van der Waals surface area contributed by atoms with E-state index in [1.807, 2.05) is 0 Å². The number of rotatable bonds is 5. The smallest absolute Gasteiger partial charge is 0.0852 e. The van der Waals surface area contributed by atoms with Gasteiger partial charge in [-0.1, -0.05) is 27.7 Å². The van der Waals surface area contributed by atoms with Crippen LogP contribution in [0.25, 0.3) is 0 Å². The largest absolute Gasteiger partial charge is 0.326 e. The monoisotopic (exact) mass is 208 g/mol. The van der Waals surface area contributed by atoms with Crippen molar-refractivity contribution in [1.29, 1.82) is 0 Å². The molecule has 2 atom stereocenters. The highest BCUT2D eigenvalue weighted by atomic mass is 31.2. The Morgan fingerprint density at radius 2 is 1.83 bits per heavy atom. The fourth-order valence-corrected chi connectivity index (χ4v) is 5.91. The number of hydrogen-bond donors (Lipinski definition) is 0. The van der Waals surface area contributed by atoms with Gasteiger partial charge in [0, 0.05) is 11.1 Å². The molecule has 0 heterocycles. The van der Waals surface area contributed by atoms with Gasteiger partial charge in [-0.25, -0.2) is 0 Å². The molecule has 0 fully saturated rings. The molecule has 12 heavy (non-hydrogen) atoms. The molecule has 0 aromatic heterocycles. The van der Waals surface area contributed by atoms with E-state index in [0.29, 0.717) is 0 Å². The first-order valence-electron chi connectivity index (χ1n) is 4.64. The summed E-state index contributed by atoms with van der Waals surface area (Å²) in [4.78, 5) is 0. The van der Waals surface area contributed by atoms with Gasteiger partial charge >= 0.3 is 0 Å². The van der Waals surface area contributed by atoms with Gasteiger partial charge in [-0.05, 0) is 12.6 Å². The van der Waals surface area contributed by atoms with E-state index in [-0.39, 0.29) is 5.16 Å². The summed E-state index contributed by atoms with van der Waals surface area (Å²) < 4.78 is 11.8. The third-order valence-electron chi connectivity index (χ3n) is 2.55. The van der Waals surface area contributed by atoms with Crippen LogP contribution in [0.15, 0.2) is 0 Å². The lowest BCUT2D eigenvalue weighted by molar-refractivity contribution is 0.552. The minimum absolute atomic E-state index is 0.0629. The average Bonchev–Trinajstić information content (AvgIpc) is 2.04. The quantitative estimate of drug-likeness (QED) is 0.633. The van der Waals surface area contributed by atoms with E-state index in [0.717, 1.165) is 18.5 Å². The van der Waals surface area contributed by atoms with Crippen molar-refractivity contribution < 1.29 is 4.57 Å². The Hall–Kier alpha value is 0.530. The third-order valence-corrected chi connectivity index (χ3v) is 8.70. The molecule has 1 nitrogen and oxygen atoms in total. The van der Waals surface area contributed by atoms with Crippen LogP contribution >= 0.6 is 15.3 Å². The molecule has 0 aliphatic carbocycles. The van der Waals surface area contributed by atoms with Crippen molar-refractivity contribution in [1.82, 2.24) is 0 Å². The predicted octanol–water partition coefficient (Wildman–Crippen LogP) is 3.36. The van der Waals surface area contributed by atoms with Crippen LogP contribution in [0.5, 0.6) is 0 Å². The standard InChI is InChI=1S/C9H22OP2/c1-6-9(3,4)12(10)8-11(5)7-2/h11-12H,5-8H2,1-4H3. The Balaban J connectivity index is 4.13. The summed E-state index contributed by atoms with van der Waals surface area (Å²) in [6.07, 6.45) is 6.23. The lowest BCUT2D eigenvalue weighted by Gasteiger charge is -2.22. The summed E-state index contributed by atoms with van der Waals surface area (Å²) in [7, 11) is -1.93. The molecule has 0 aromatic rings. The molecule has 0 rings (SSSR count). The second-order valence-electron chi connectivity index (χ2n) is 3.94. The van der Waals surface area contributed by atoms with E-state index in [4.69, 9.17) is 0 Å². The number of hydrogen-bond acceptors (Lipinski definition) is 1. The van der Waals surface area contributed by atoms with Gasteiger partial charge in [-0.3, -0.25) is 0 Å². The Bertz CT molecular complexity index is 185. The lowest BCUT2D eigenvalue weighted by Crippen LogP contribution is -2.12. The Kier molecular flexibility index (Phi) is 5.53. The second kappa shape index (κ2) is 5.30. The highest BCUT2D eigenvalue weighted by molar-refractivity contribution is 7.68. The van der Waals surface area contributed by atoms with Crippen molar-refractivity contribution in [3.63, 3.8) is 0 Å². The zero-order valence-corrected chi connectivity index (χ0v) is 10.7. The Morgan fingerprint density at radius 3 is 2.17 bits per heavy atom. The molecule has 0 radical (unpaired) electrons. The molecule has 0 aliphatic heterocycles. The zero-order chi connectivity index (χ0) is 9.78. The molecule has 0 aliphatic rings. The van der Waals surface area contributed by atoms with E-state index in [1.54, 1.807) is 0 Å². The third kappa shape index (κ3) is 3.97. The molecule has 3 heteroatoms. The van der Waals surface area contributed by atoms with E-state index in [1.165, 1.54) is 0 Å². The van der Waals surface area contributed by atoms with Crippen LogP contribution < -0.4 is 0 Å². The summed E-state index contributed by atoms with van der Waals surface area (Å²) in [5.41, 5.74) is 0. The Labute approximate surface area is 78.1 Å². The van der Waals surface area contributed by atoms with Gasteiger partial charge in [0.1, 0.15) is 0 Å². The molecule has 0 saturated heterocycles. The molecule has 0 spiro atoms. The molecule has 0 bridgehead atoms. The summed E-state index contributed by atoms with van der Waals surface area (Å²) in [6.45, 7) is 8.48. The van der Waals surface area contributed by atoms with Crippen molar-refractivity contribution in [2.24, 2.45) is 0 Å². The normalized spacial score (nSPS) is 17.3. The van der Waals surface area contributed by atoms with Crippen molar-refractivity contribution >= 4 is 21.6 Å². The van der Waals surface area contributed by atoms with Gasteiger partial charge in [0.25, 0.3) is 0 Å². The van der Waals surface area contributed by atoms with E-state index in [9.17, 15) is 4.57 Å². The molecule has 0 N–H and O–H groups in total. The summed E-state index contributed by atoms with van der Waals surface area (Å²) in [5, 5.41) is 0.0629. The van der Waals surface area contributed by atoms with Crippen molar-refractivity contribution in [3.05, 3.63) is 0 Å². The molecule has 0 aromatic carbocycles. The summed E-state index contributed by atoms with van der Waals surface area (Å²) in [6, 6.07) is 0. The van der Waals surface area contributed by atoms with E-state index >= 15 is 0 Å². The highest BCUT2D eigenvalue weighted by Gasteiger charge is 2.22. The van der Waals surface area contributed by atoms with Crippen molar-refractivity contribution in [2.45, 2.75) is 39.3 Å². The first-order chi connectivity index (χ1) is 5.44. The Morgan fingerprint density at radius 1 is 1.33 bits per heavy atom. The summed E-state index contributed by atoms with van der Waals surface area (Å²) >= 11 is 0. The minimum Gasteiger partial charge on any atom is -0.326 e. The minimum atomic E-state index is -1.40. The van der Waals surface area contributed by atoms with Crippen LogP contribution in [0.2, 0.25) is 0 Å². The van der Waals surface area contributed by atoms with Crippen molar-refractivity contribution in [3.8, 4) is 0 Å². The molecule has 74 valence electrons. The van der Waals surface area contributed by atoms with Gasteiger partial charge in [0.15, 0.2) is 0 Å².